The average Bonchev–Trinajstić information content (AvgIpc) is 2.72. The quantitative estimate of drug-likeness (QED) is 0.891. The molecule has 1 aromatic carbocycles. The number of H-pyrrole nitrogens is 2. The molecule has 0 aliphatic heterocycles. The summed E-state index contributed by atoms with van der Waals surface area (Å²) < 4.78 is 0. The molecule has 19 heavy (non-hydrogen) atoms. The lowest BCUT2D eigenvalue weighted by Gasteiger charge is -2.19. The maximum Gasteiger partial charge on any atom is 0.264 e. The van der Waals surface area contributed by atoms with Crippen molar-refractivity contribution in [2.45, 2.75) is 20.0 Å². The van der Waals surface area contributed by atoms with Crippen LogP contribution < -0.4 is 5.56 Å². The third-order valence-electron chi connectivity index (χ3n) is 2.82. The number of rotatable bonds is 5. The first-order valence-corrected chi connectivity index (χ1v) is 6.76. The second-order valence-electron chi connectivity index (χ2n) is 4.36. The fourth-order valence-electron chi connectivity index (χ4n) is 1.94. The number of nitrogens with one attached hydrogen (secondary N) is 2. The van der Waals surface area contributed by atoms with Gasteiger partial charge >= 0.3 is 0 Å². The van der Waals surface area contributed by atoms with Crippen LogP contribution in [0.3, 0.4) is 0 Å². The molecular weight excluding hydrogens is 285 g/mol. The van der Waals surface area contributed by atoms with Gasteiger partial charge in [0.25, 0.3) is 5.56 Å². The number of benzene rings is 1. The average molecular weight is 300 g/mol. The van der Waals surface area contributed by atoms with Gasteiger partial charge in [0.05, 0.1) is 5.69 Å². The van der Waals surface area contributed by atoms with Crippen LogP contribution in [0.5, 0.6) is 0 Å². The lowest BCUT2D eigenvalue weighted by atomic mass is 10.2. The van der Waals surface area contributed by atoms with Gasteiger partial charge in [-0.1, -0.05) is 30.1 Å². The van der Waals surface area contributed by atoms with Gasteiger partial charge in [0, 0.05) is 29.2 Å². The normalized spacial score (nSPS) is 11.2. The topological polar surface area (TPSA) is 51.9 Å². The fourth-order valence-corrected chi connectivity index (χ4v) is 2.51. The maximum absolute atomic E-state index is 11.1. The number of hydrogen-bond acceptors (Lipinski definition) is 2. The van der Waals surface area contributed by atoms with Crippen LogP contribution in [0.15, 0.2) is 29.1 Å². The van der Waals surface area contributed by atoms with E-state index in [4.69, 9.17) is 23.2 Å². The second-order valence-corrected chi connectivity index (χ2v) is 5.24. The lowest BCUT2D eigenvalue weighted by molar-refractivity contribution is 0.268. The van der Waals surface area contributed by atoms with Crippen LogP contribution in [0.25, 0.3) is 0 Å². The van der Waals surface area contributed by atoms with Gasteiger partial charge in [-0.3, -0.25) is 14.8 Å². The zero-order valence-electron chi connectivity index (χ0n) is 10.5. The molecule has 1 aromatic heterocycles. The standard InChI is InChI=1S/C13H15Cl2N3O/c1-2-18(8-12-6-13(19)17-16-12)7-9-3-10(14)5-11(15)4-9/h3-6H,2,7-8H2,1H3,(H2,16,17,19). The molecule has 1 heterocycles. The Balaban J connectivity index is 2.08. The summed E-state index contributed by atoms with van der Waals surface area (Å²) in [6.45, 7) is 4.32. The van der Waals surface area contributed by atoms with E-state index in [-0.39, 0.29) is 5.56 Å². The van der Waals surface area contributed by atoms with Gasteiger partial charge < -0.3 is 5.10 Å². The molecule has 0 atom stereocenters. The second kappa shape index (κ2) is 6.28. The van der Waals surface area contributed by atoms with Crippen LogP contribution >= 0.6 is 23.2 Å². The highest BCUT2D eigenvalue weighted by atomic mass is 35.5. The first-order chi connectivity index (χ1) is 9.06. The molecule has 2 N–H and O–H groups in total. The van der Waals surface area contributed by atoms with E-state index in [1.165, 1.54) is 0 Å². The van der Waals surface area contributed by atoms with Gasteiger partial charge in [0.2, 0.25) is 0 Å². The molecule has 2 rings (SSSR count). The molecule has 0 unspecified atom stereocenters. The molecule has 6 heteroatoms. The first-order valence-electron chi connectivity index (χ1n) is 6.00. The molecular formula is C13H15Cl2N3O. The van der Waals surface area contributed by atoms with Crippen molar-refractivity contribution in [1.82, 2.24) is 15.1 Å². The van der Waals surface area contributed by atoms with E-state index in [0.29, 0.717) is 16.6 Å². The summed E-state index contributed by atoms with van der Waals surface area (Å²) in [5, 5.41) is 6.64. The molecule has 0 saturated carbocycles. The van der Waals surface area contributed by atoms with Crippen LogP contribution in [0.2, 0.25) is 10.0 Å². The minimum Gasteiger partial charge on any atom is -0.301 e. The highest BCUT2D eigenvalue weighted by Gasteiger charge is 2.08. The van der Waals surface area contributed by atoms with Crippen molar-refractivity contribution in [1.29, 1.82) is 0 Å². The summed E-state index contributed by atoms with van der Waals surface area (Å²) in [7, 11) is 0. The maximum atomic E-state index is 11.1. The van der Waals surface area contributed by atoms with Gasteiger partial charge in [0.15, 0.2) is 0 Å². The SMILES string of the molecule is CCN(Cc1cc(Cl)cc(Cl)c1)Cc1cc(=O)[nH][nH]1. The number of nitrogens with zero attached hydrogens (tertiary/aromatic N) is 1. The third kappa shape index (κ3) is 4.13. The van der Waals surface area contributed by atoms with Crippen LogP contribution in [-0.2, 0) is 13.1 Å². The van der Waals surface area contributed by atoms with E-state index in [2.05, 4.69) is 22.0 Å². The Morgan fingerprint density at radius 2 is 1.74 bits per heavy atom. The van der Waals surface area contributed by atoms with Crippen molar-refractivity contribution in [2.24, 2.45) is 0 Å². The van der Waals surface area contributed by atoms with Gasteiger partial charge in [-0.2, -0.15) is 0 Å². The van der Waals surface area contributed by atoms with Gasteiger partial charge in [-0.15, -0.1) is 0 Å². The van der Waals surface area contributed by atoms with E-state index in [1.807, 2.05) is 12.1 Å². The van der Waals surface area contributed by atoms with Gasteiger partial charge in [0.1, 0.15) is 0 Å². The van der Waals surface area contributed by atoms with Crippen molar-refractivity contribution in [3.8, 4) is 0 Å². The smallest absolute Gasteiger partial charge is 0.264 e. The summed E-state index contributed by atoms with van der Waals surface area (Å²) in [6.07, 6.45) is 0. The Hall–Kier alpha value is -1.23. The number of hydrogen-bond donors (Lipinski definition) is 2. The minimum absolute atomic E-state index is 0.114. The Bertz CT molecular complexity index is 586. The summed E-state index contributed by atoms with van der Waals surface area (Å²) in [5.74, 6) is 0. The summed E-state index contributed by atoms with van der Waals surface area (Å²) in [6, 6.07) is 7.08. The van der Waals surface area contributed by atoms with E-state index in [0.717, 1.165) is 24.3 Å². The Morgan fingerprint density at radius 1 is 1.05 bits per heavy atom. The van der Waals surface area contributed by atoms with Gasteiger partial charge in [-0.05, 0) is 30.3 Å². The van der Waals surface area contributed by atoms with Crippen molar-refractivity contribution >= 4 is 23.2 Å². The van der Waals surface area contributed by atoms with Crippen LogP contribution in [-0.4, -0.2) is 21.6 Å². The van der Waals surface area contributed by atoms with E-state index in [1.54, 1.807) is 12.1 Å². The van der Waals surface area contributed by atoms with Crippen LogP contribution in [0.1, 0.15) is 18.2 Å². The molecule has 2 aromatic rings. The summed E-state index contributed by atoms with van der Waals surface area (Å²) >= 11 is 12.0. The number of aromatic nitrogens is 2. The minimum atomic E-state index is -0.114. The predicted octanol–water partition coefficient (Wildman–Crippen LogP) is 3.03. The monoisotopic (exact) mass is 299 g/mol. The van der Waals surface area contributed by atoms with Crippen LogP contribution in [0, 0.1) is 0 Å². The molecule has 0 spiro atoms. The number of aromatic amines is 2. The molecule has 0 bridgehead atoms. The van der Waals surface area contributed by atoms with E-state index >= 15 is 0 Å². The molecule has 0 aliphatic carbocycles. The van der Waals surface area contributed by atoms with Crippen molar-refractivity contribution in [3.05, 3.63) is 55.9 Å². The lowest BCUT2D eigenvalue weighted by Crippen LogP contribution is -2.22. The predicted molar refractivity (Wildman–Crippen MR) is 77.7 cm³/mol. The molecule has 0 saturated heterocycles. The first kappa shape index (κ1) is 14.2. The third-order valence-corrected chi connectivity index (χ3v) is 3.26. The summed E-state index contributed by atoms with van der Waals surface area (Å²) in [5.41, 5.74) is 1.80. The van der Waals surface area contributed by atoms with E-state index < -0.39 is 0 Å². The largest absolute Gasteiger partial charge is 0.301 e. The zero-order chi connectivity index (χ0) is 13.8. The summed E-state index contributed by atoms with van der Waals surface area (Å²) in [4.78, 5) is 13.2. The van der Waals surface area contributed by atoms with E-state index in [9.17, 15) is 4.79 Å². The van der Waals surface area contributed by atoms with Crippen molar-refractivity contribution in [3.63, 3.8) is 0 Å². The molecule has 4 nitrogen and oxygen atoms in total. The fraction of sp³-hybridized carbons (Fsp3) is 0.308. The highest BCUT2D eigenvalue weighted by Crippen LogP contribution is 2.20. The van der Waals surface area contributed by atoms with Crippen molar-refractivity contribution in [2.75, 3.05) is 6.54 Å². The molecule has 0 radical (unpaired) electrons. The molecule has 0 fully saturated rings. The van der Waals surface area contributed by atoms with Gasteiger partial charge in [-0.25, -0.2) is 0 Å². The highest BCUT2D eigenvalue weighted by molar-refractivity contribution is 6.34. The Kier molecular flexibility index (Phi) is 4.69. The molecule has 0 amide bonds. The Morgan fingerprint density at radius 3 is 2.26 bits per heavy atom. The Labute approximate surface area is 121 Å². The molecule has 0 aliphatic rings. The van der Waals surface area contributed by atoms with Crippen molar-refractivity contribution < 1.29 is 0 Å². The zero-order valence-corrected chi connectivity index (χ0v) is 12.1. The van der Waals surface area contributed by atoms with Crippen LogP contribution in [0.4, 0.5) is 0 Å². The molecule has 102 valence electrons. The number of halogens is 2.